The van der Waals surface area contributed by atoms with Crippen LogP contribution in [0, 0.1) is 22.7 Å². The van der Waals surface area contributed by atoms with E-state index in [1.807, 2.05) is 38.1 Å². The second-order valence-electron chi connectivity index (χ2n) is 16.5. The molecule has 59 heavy (non-hydrogen) atoms. The number of hydrogen-bond acceptors (Lipinski definition) is 13. The third kappa shape index (κ3) is 8.36. The van der Waals surface area contributed by atoms with Crippen LogP contribution in [0.3, 0.4) is 0 Å². The molecule has 3 aromatic rings. The minimum atomic E-state index is -1.58. The Morgan fingerprint density at radius 1 is 0.814 bits per heavy atom. The predicted molar refractivity (Wildman–Crippen MR) is 209 cm³/mol. The lowest BCUT2D eigenvalue weighted by Crippen LogP contribution is -2.73. The van der Waals surface area contributed by atoms with Crippen LogP contribution in [0.2, 0.25) is 0 Å². The van der Waals surface area contributed by atoms with Gasteiger partial charge in [0.25, 0.3) is 0 Å². The van der Waals surface area contributed by atoms with Crippen molar-refractivity contribution in [3.05, 3.63) is 119 Å². The summed E-state index contributed by atoms with van der Waals surface area (Å²) in [6.07, 6.45) is -5.71. The Morgan fingerprint density at radius 3 is 1.97 bits per heavy atom. The molecule has 1 N–H and O–H groups in total. The molecule has 1 heterocycles. The molecular formula is C46H50O13. The van der Waals surface area contributed by atoms with Gasteiger partial charge in [0.2, 0.25) is 0 Å². The highest BCUT2D eigenvalue weighted by molar-refractivity contribution is 5.97. The molecule has 3 aliphatic carbocycles. The molecule has 3 aromatic carbocycles. The van der Waals surface area contributed by atoms with Gasteiger partial charge in [0, 0.05) is 25.4 Å². The fraction of sp³-hybridized carbons (Fsp3) is 0.457. The van der Waals surface area contributed by atoms with Crippen LogP contribution in [-0.4, -0.2) is 78.4 Å². The maximum Gasteiger partial charge on any atom is 0.509 e. The van der Waals surface area contributed by atoms with Gasteiger partial charge in [0.05, 0.1) is 18.1 Å². The van der Waals surface area contributed by atoms with E-state index in [0.717, 1.165) is 5.56 Å². The summed E-state index contributed by atoms with van der Waals surface area (Å²) in [4.78, 5) is 69.5. The highest BCUT2D eigenvalue weighted by Gasteiger charge is 2.81. The Kier molecular flexibility index (Phi) is 12.0. The van der Waals surface area contributed by atoms with Crippen LogP contribution in [0.15, 0.2) is 102 Å². The summed E-state index contributed by atoms with van der Waals surface area (Å²) in [5.74, 6) is -2.86. The van der Waals surface area contributed by atoms with Crippen LogP contribution < -0.4 is 0 Å². The molecule has 0 amide bonds. The fourth-order valence-corrected chi connectivity index (χ4v) is 9.74. The number of ketones is 1. The lowest BCUT2D eigenvalue weighted by atomic mass is 9.55. The zero-order chi connectivity index (χ0) is 42.0. The molecule has 1 aliphatic heterocycles. The van der Waals surface area contributed by atoms with E-state index in [1.165, 1.54) is 6.92 Å². The first-order valence-corrected chi connectivity index (χ1v) is 20.0. The minimum absolute atomic E-state index is 0.0205. The zero-order valence-electron chi connectivity index (χ0n) is 33.6. The molecule has 7 rings (SSSR count). The van der Waals surface area contributed by atoms with E-state index in [1.54, 1.807) is 73.7 Å². The van der Waals surface area contributed by atoms with Crippen LogP contribution in [-0.2, 0) is 56.0 Å². The van der Waals surface area contributed by atoms with Crippen molar-refractivity contribution in [2.75, 3.05) is 13.2 Å². The van der Waals surface area contributed by atoms with E-state index in [2.05, 4.69) is 0 Å². The number of esters is 2. The van der Waals surface area contributed by atoms with Crippen LogP contribution >= 0.6 is 0 Å². The molecule has 312 valence electrons. The Hall–Kier alpha value is -5.53. The van der Waals surface area contributed by atoms with Crippen LogP contribution in [0.5, 0.6) is 0 Å². The summed E-state index contributed by atoms with van der Waals surface area (Å²) in [7, 11) is 0. The highest BCUT2D eigenvalue weighted by atomic mass is 16.7. The minimum Gasteiger partial charge on any atom is -0.458 e. The fourth-order valence-electron chi connectivity index (χ4n) is 9.74. The number of carbonyl (C=O) groups excluding carboxylic acids is 5. The van der Waals surface area contributed by atoms with Gasteiger partial charge >= 0.3 is 24.2 Å². The normalized spacial score (nSPS) is 28.9. The summed E-state index contributed by atoms with van der Waals surface area (Å²) in [5.41, 5.74) is -1.41. The van der Waals surface area contributed by atoms with Crippen molar-refractivity contribution in [1.29, 1.82) is 0 Å². The molecule has 8 atom stereocenters. The summed E-state index contributed by atoms with van der Waals surface area (Å²) < 4.78 is 41.7. The predicted octanol–water partition coefficient (Wildman–Crippen LogP) is 7.08. The van der Waals surface area contributed by atoms with Crippen LogP contribution in [0.1, 0.15) is 74.9 Å². The molecule has 13 heteroatoms. The molecule has 0 bridgehead atoms. The first kappa shape index (κ1) is 41.6. The van der Waals surface area contributed by atoms with Gasteiger partial charge in [-0.25, -0.2) is 14.4 Å². The summed E-state index contributed by atoms with van der Waals surface area (Å²) in [6.45, 7) is 5.95. The molecule has 13 nitrogen and oxygen atoms in total. The van der Waals surface area contributed by atoms with Crippen molar-refractivity contribution in [3.8, 4) is 0 Å². The van der Waals surface area contributed by atoms with Crippen molar-refractivity contribution >= 4 is 30.0 Å². The van der Waals surface area contributed by atoms with E-state index in [-0.39, 0.29) is 38.6 Å². The standard InChI is InChI=1S/C46H50O13/c1-28(34(20-21-47)57-42(51)53-25-30-14-8-5-9-15-30)37-38(58-43(52)54-26-31-16-10-6-11-17-31)40(49)45-23-33(45)22-36-46(27-55-36,59-29(2)48)39(45)35(24-44(37,3)4)56-41(50)32-18-12-7-13-19-32/h5-19,33-36,38-39,47H,20-27H2,1-4H3/b37-28-/t33-,34+,35-,36-,38-,39+,45-,46+/m1/s1. The van der Waals surface area contributed by atoms with Gasteiger partial charge in [0.1, 0.15) is 31.5 Å². The molecule has 3 saturated carbocycles. The number of benzene rings is 3. The number of fused-ring (bicyclic) bond motifs is 2. The van der Waals surface area contributed by atoms with Gasteiger partial charge in [-0.1, -0.05) is 92.7 Å². The van der Waals surface area contributed by atoms with E-state index < -0.39 is 83.4 Å². The van der Waals surface area contributed by atoms with Gasteiger partial charge in [-0.15, -0.1) is 0 Å². The number of hydrogen-bond donors (Lipinski definition) is 1. The third-order valence-corrected chi connectivity index (χ3v) is 12.3. The van der Waals surface area contributed by atoms with Gasteiger partial charge in [0.15, 0.2) is 17.5 Å². The monoisotopic (exact) mass is 810 g/mol. The molecule has 0 radical (unpaired) electrons. The van der Waals surface area contributed by atoms with Gasteiger partial charge in [-0.3, -0.25) is 9.59 Å². The number of aliphatic hydroxyl groups is 1. The Bertz CT molecular complexity index is 2070. The number of ether oxygens (including phenoxy) is 7. The van der Waals surface area contributed by atoms with E-state index in [4.69, 9.17) is 33.2 Å². The highest BCUT2D eigenvalue weighted by Crippen LogP contribution is 2.73. The molecule has 4 aliphatic rings. The van der Waals surface area contributed by atoms with E-state index >= 15 is 4.79 Å². The largest absolute Gasteiger partial charge is 0.509 e. The van der Waals surface area contributed by atoms with Gasteiger partial charge < -0.3 is 38.3 Å². The van der Waals surface area contributed by atoms with Gasteiger partial charge in [-0.2, -0.15) is 0 Å². The van der Waals surface area contributed by atoms with Crippen molar-refractivity contribution in [2.24, 2.45) is 22.7 Å². The van der Waals surface area contributed by atoms with Crippen molar-refractivity contribution in [3.63, 3.8) is 0 Å². The summed E-state index contributed by atoms with van der Waals surface area (Å²) in [5, 5.41) is 10.3. The number of Topliss-reactive ketones (excluding diaryl/α,β-unsaturated/α-hetero) is 1. The molecule has 0 unspecified atom stereocenters. The quantitative estimate of drug-likeness (QED) is 0.112. The average Bonchev–Trinajstić information content (AvgIpc) is 3.94. The van der Waals surface area contributed by atoms with E-state index in [0.29, 0.717) is 35.1 Å². The molecule has 4 fully saturated rings. The average molecular weight is 811 g/mol. The molecule has 1 spiro atoms. The first-order valence-electron chi connectivity index (χ1n) is 20.0. The maximum atomic E-state index is 15.7. The second-order valence-corrected chi connectivity index (χ2v) is 16.5. The second kappa shape index (κ2) is 17.0. The van der Waals surface area contributed by atoms with Crippen molar-refractivity contribution in [1.82, 2.24) is 0 Å². The van der Waals surface area contributed by atoms with Gasteiger partial charge in [-0.05, 0) is 71.9 Å². The lowest BCUT2D eigenvalue weighted by Gasteiger charge is -2.60. The first-order chi connectivity index (χ1) is 28.3. The number of carbonyl (C=O) groups is 5. The lowest BCUT2D eigenvalue weighted by molar-refractivity contribution is -0.307. The maximum absolute atomic E-state index is 15.7. The summed E-state index contributed by atoms with van der Waals surface area (Å²) in [6, 6.07) is 26.5. The number of aliphatic hydroxyl groups excluding tert-OH is 1. The summed E-state index contributed by atoms with van der Waals surface area (Å²) >= 11 is 0. The van der Waals surface area contributed by atoms with Crippen molar-refractivity contribution < 1.29 is 62.2 Å². The van der Waals surface area contributed by atoms with E-state index in [9.17, 15) is 24.3 Å². The van der Waals surface area contributed by atoms with Crippen LogP contribution in [0.4, 0.5) is 9.59 Å². The molecular weight excluding hydrogens is 760 g/mol. The number of rotatable bonds is 12. The van der Waals surface area contributed by atoms with Crippen molar-refractivity contribution in [2.45, 2.75) is 96.6 Å². The Balaban J connectivity index is 1.32. The smallest absolute Gasteiger partial charge is 0.458 e. The topological polar surface area (TPSA) is 170 Å². The Morgan fingerprint density at radius 2 is 1.41 bits per heavy atom. The molecule has 0 aromatic heterocycles. The molecule has 1 saturated heterocycles. The SMILES string of the molecule is CC(=O)O[C@@]12CO[C@@H]1C[C@@H]1C[C@@]13C(=O)[C@H](OC(=O)OCc1ccccc1)/C(=C(\C)[C@H](CCO)OC(=O)OCc1ccccc1)C(C)(C)C[C@@H](OC(=O)c1ccccc1)[C@H]23. The Labute approximate surface area is 342 Å². The third-order valence-electron chi connectivity index (χ3n) is 12.3. The van der Waals surface area contributed by atoms with Crippen LogP contribution in [0.25, 0.3) is 0 Å². The zero-order valence-corrected chi connectivity index (χ0v) is 33.6.